The molecule has 0 heterocycles. The zero-order valence-electron chi connectivity index (χ0n) is 17.1. The summed E-state index contributed by atoms with van der Waals surface area (Å²) in [4.78, 5) is 27.1. The van der Waals surface area contributed by atoms with Crippen molar-refractivity contribution in [1.82, 2.24) is 0 Å². The fourth-order valence-corrected chi connectivity index (χ4v) is 3.41. The molecule has 0 radical (unpaired) electrons. The summed E-state index contributed by atoms with van der Waals surface area (Å²) in [5.74, 6) is -0.679. The first-order valence-corrected chi connectivity index (χ1v) is 9.97. The van der Waals surface area contributed by atoms with Gasteiger partial charge in [-0.15, -0.1) is 0 Å². The van der Waals surface area contributed by atoms with Gasteiger partial charge in [0.25, 0.3) is 0 Å². The van der Waals surface area contributed by atoms with Gasteiger partial charge in [0.1, 0.15) is 0 Å². The molecule has 2 aromatic carbocycles. The van der Waals surface area contributed by atoms with E-state index in [1.165, 1.54) is 5.56 Å². The largest absolute Gasteiger partial charge is 0.372 e. The number of hydrogen-bond acceptors (Lipinski definition) is 3. The number of nitrogens with one attached hydrogen (secondary N) is 2. The first kappa shape index (κ1) is 19.9. The van der Waals surface area contributed by atoms with Crippen molar-refractivity contribution in [2.75, 3.05) is 28.6 Å². The fourth-order valence-electron chi connectivity index (χ4n) is 3.41. The Balaban J connectivity index is 1.53. The Morgan fingerprint density at radius 1 is 0.857 bits per heavy atom. The molecule has 1 aliphatic carbocycles. The average Bonchev–Trinajstić information content (AvgIpc) is 3.48. The Morgan fingerprint density at radius 3 is 1.93 bits per heavy atom. The van der Waals surface area contributed by atoms with Crippen LogP contribution < -0.4 is 15.5 Å². The lowest BCUT2D eigenvalue weighted by Crippen LogP contribution is -2.22. The van der Waals surface area contributed by atoms with Crippen LogP contribution in [-0.4, -0.2) is 24.9 Å². The molecule has 2 atom stereocenters. The van der Waals surface area contributed by atoms with Crippen molar-refractivity contribution in [3.63, 3.8) is 0 Å². The summed E-state index contributed by atoms with van der Waals surface area (Å²) in [6, 6.07) is 13.7. The molecule has 1 saturated carbocycles. The van der Waals surface area contributed by atoms with Crippen LogP contribution in [0, 0.1) is 25.7 Å². The van der Waals surface area contributed by atoms with Gasteiger partial charge in [0.05, 0.1) is 11.8 Å². The van der Waals surface area contributed by atoms with Crippen molar-refractivity contribution in [2.45, 2.75) is 34.1 Å². The average molecular weight is 380 g/mol. The summed E-state index contributed by atoms with van der Waals surface area (Å²) in [6.45, 7) is 10.2. The Hall–Kier alpha value is -2.82. The number of anilines is 3. The van der Waals surface area contributed by atoms with Crippen molar-refractivity contribution >= 4 is 28.9 Å². The van der Waals surface area contributed by atoms with E-state index in [-0.39, 0.29) is 23.7 Å². The summed E-state index contributed by atoms with van der Waals surface area (Å²) in [5.41, 5.74) is 5.01. The van der Waals surface area contributed by atoms with Gasteiger partial charge in [-0.05, 0) is 81.6 Å². The molecule has 0 aromatic heterocycles. The van der Waals surface area contributed by atoms with E-state index in [1.54, 1.807) is 0 Å². The van der Waals surface area contributed by atoms with E-state index in [2.05, 4.69) is 29.4 Å². The minimum absolute atomic E-state index is 0.0831. The lowest BCUT2D eigenvalue weighted by Gasteiger charge is -2.21. The van der Waals surface area contributed by atoms with Crippen molar-refractivity contribution < 1.29 is 9.59 Å². The summed E-state index contributed by atoms with van der Waals surface area (Å²) >= 11 is 0. The first-order chi connectivity index (χ1) is 13.4. The highest BCUT2D eigenvalue weighted by atomic mass is 16.2. The molecular weight excluding hydrogens is 350 g/mol. The molecule has 2 N–H and O–H groups in total. The summed E-state index contributed by atoms with van der Waals surface area (Å²) in [5, 5.41) is 5.86. The molecule has 1 aliphatic rings. The molecule has 2 unspecified atom stereocenters. The predicted molar refractivity (Wildman–Crippen MR) is 115 cm³/mol. The molecule has 2 amide bonds. The third-order valence-electron chi connectivity index (χ3n) is 5.50. The second-order valence-corrected chi connectivity index (χ2v) is 7.45. The van der Waals surface area contributed by atoms with Crippen LogP contribution >= 0.6 is 0 Å². The molecule has 5 heteroatoms. The van der Waals surface area contributed by atoms with Gasteiger partial charge < -0.3 is 15.5 Å². The van der Waals surface area contributed by atoms with Gasteiger partial charge in [-0.1, -0.05) is 6.07 Å². The van der Waals surface area contributed by atoms with Crippen LogP contribution in [0.4, 0.5) is 17.1 Å². The van der Waals surface area contributed by atoms with Crippen LogP contribution in [0.2, 0.25) is 0 Å². The number of carbonyl (C=O) groups is 2. The predicted octanol–water partition coefficient (Wildman–Crippen LogP) is 4.36. The van der Waals surface area contributed by atoms with Crippen molar-refractivity contribution in [3.8, 4) is 0 Å². The number of benzene rings is 2. The SMILES string of the molecule is CCN(CC)c1ccc(NC(=O)C2CC2C(=O)Nc2ccc(C)c(C)c2)cc1. The van der Waals surface area contributed by atoms with Crippen molar-refractivity contribution in [3.05, 3.63) is 53.6 Å². The molecule has 148 valence electrons. The van der Waals surface area contributed by atoms with Crippen LogP contribution in [0.1, 0.15) is 31.4 Å². The van der Waals surface area contributed by atoms with Gasteiger partial charge in [0.2, 0.25) is 11.8 Å². The number of amides is 2. The second-order valence-electron chi connectivity index (χ2n) is 7.45. The van der Waals surface area contributed by atoms with Crippen LogP contribution in [0.25, 0.3) is 0 Å². The van der Waals surface area contributed by atoms with E-state index in [9.17, 15) is 9.59 Å². The van der Waals surface area contributed by atoms with Crippen molar-refractivity contribution in [1.29, 1.82) is 0 Å². The van der Waals surface area contributed by atoms with Gasteiger partial charge in [-0.2, -0.15) is 0 Å². The van der Waals surface area contributed by atoms with Gasteiger partial charge in [0.15, 0.2) is 0 Å². The van der Waals surface area contributed by atoms with E-state index in [0.717, 1.165) is 35.7 Å². The van der Waals surface area contributed by atoms with E-state index in [1.807, 2.05) is 56.3 Å². The minimum Gasteiger partial charge on any atom is -0.372 e. The molecule has 0 bridgehead atoms. The zero-order chi connectivity index (χ0) is 20.3. The number of aryl methyl sites for hydroxylation is 2. The Labute approximate surface area is 167 Å². The summed E-state index contributed by atoms with van der Waals surface area (Å²) < 4.78 is 0. The molecule has 0 saturated heterocycles. The lowest BCUT2D eigenvalue weighted by molar-refractivity contribution is -0.122. The van der Waals surface area contributed by atoms with Crippen LogP contribution in [0.15, 0.2) is 42.5 Å². The van der Waals surface area contributed by atoms with Gasteiger partial charge in [0, 0.05) is 30.2 Å². The molecule has 2 aromatic rings. The third kappa shape index (κ3) is 4.53. The molecular formula is C23H29N3O2. The summed E-state index contributed by atoms with van der Waals surface area (Å²) in [6.07, 6.45) is 0.597. The summed E-state index contributed by atoms with van der Waals surface area (Å²) in [7, 11) is 0. The Morgan fingerprint density at radius 2 is 1.39 bits per heavy atom. The normalized spacial score (nSPS) is 17.7. The molecule has 0 aliphatic heterocycles. The molecule has 3 rings (SSSR count). The number of rotatable bonds is 7. The quantitative estimate of drug-likeness (QED) is 0.751. The molecule has 0 spiro atoms. The second kappa shape index (κ2) is 8.46. The Bertz CT molecular complexity index is 857. The minimum atomic E-state index is -0.256. The highest BCUT2D eigenvalue weighted by Crippen LogP contribution is 2.40. The molecule has 1 fully saturated rings. The Kier molecular flexibility index (Phi) is 6.02. The highest BCUT2D eigenvalue weighted by molar-refractivity contribution is 6.03. The van der Waals surface area contributed by atoms with Crippen LogP contribution in [0.5, 0.6) is 0 Å². The molecule has 5 nitrogen and oxygen atoms in total. The van der Waals surface area contributed by atoms with E-state index < -0.39 is 0 Å². The maximum atomic E-state index is 12.5. The maximum absolute atomic E-state index is 12.5. The number of hydrogen-bond donors (Lipinski definition) is 2. The first-order valence-electron chi connectivity index (χ1n) is 9.97. The third-order valence-corrected chi connectivity index (χ3v) is 5.50. The monoisotopic (exact) mass is 379 g/mol. The highest BCUT2D eigenvalue weighted by Gasteiger charge is 2.48. The molecule has 28 heavy (non-hydrogen) atoms. The fraction of sp³-hybridized carbons (Fsp3) is 0.391. The van der Waals surface area contributed by atoms with Crippen molar-refractivity contribution in [2.24, 2.45) is 11.8 Å². The van der Waals surface area contributed by atoms with Gasteiger partial charge in [-0.3, -0.25) is 9.59 Å². The van der Waals surface area contributed by atoms with E-state index >= 15 is 0 Å². The number of carbonyl (C=O) groups excluding carboxylic acids is 2. The smallest absolute Gasteiger partial charge is 0.228 e. The lowest BCUT2D eigenvalue weighted by atomic mass is 10.1. The van der Waals surface area contributed by atoms with Crippen LogP contribution in [-0.2, 0) is 9.59 Å². The topological polar surface area (TPSA) is 61.4 Å². The standard InChI is InChI=1S/C23H29N3O2/c1-5-26(6-2)19-11-9-17(10-12-19)24-22(27)20-14-21(20)23(28)25-18-8-7-15(3)16(4)13-18/h7-13,20-21H,5-6,14H2,1-4H3,(H,24,27)(H,25,28). The zero-order valence-corrected chi connectivity index (χ0v) is 17.1. The van der Waals surface area contributed by atoms with Gasteiger partial charge in [-0.25, -0.2) is 0 Å². The number of nitrogens with zero attached hydrogens (tertiary/aromatic N) is 1. The van der Waals surface area contributed by atoms with E-state index in [0.29, 0.717) is 6.42 Å². The van der Waals surface area contributed by atoms with Gasteiger partial charge >= 0.3 is 0 Å². The maximum Gasteiger partial charge on any atom is 0.228 e. The van der Waals surface area contributed by atoms with Crippen LogP contribution in [0.3, 0.4) is 0 Å². The van der Waals surface area contributed by atoms with E-state index in [4.69, 9.17) is 0 Å².